The Bertz CT molecular complexity index is 640. The van der Waals surface area contributed by atoms with E-state index < -0.39 is 10.0 Å². The zero-order valence-electron chi connectivity index (χ0n) is 8.75. The van der Waals surface area contributed by atoms with Crippen LogP contribution in [-0.4, -0.2) is 24.4 Å². The standard InChI is InChI=1S/C11H11NO3S/c1-2-16(14,15)12-6-5-10-4-3-9(8-13)7-11(10)12/h3-8H,2H2,1H3. The lowest BCUT2D eigenvalue weighted by Gasteiger charge is -2.04. The lowest BCUT2D eigenvalue weighted by molar-refractivity contribution is 0.112. The highest BCUT2D eigenvalue weighted by Crippen LogP contribution is 2.19. The molecule has 0 radical (unpaired) electrons. The van der Waals surface area contributed by atoms with E-state index in [-0.39, 0.29) is 5.75 Å². The molecule has 0 aliphatic heterocycles. The van der Waals surface area contributed by atoms with Gasteiger partial charge in [-0.05, 0) is 19.1 Å². The summed E-state index contributed by atoms with van der Waals surface area (Å²) in [4.78, 5) is 10.6. The van der Waals surface area contributed by atoms with Gasteiger partial charge in [-0.1, -0.05) is 12.1 Å². The number of hydrogen-bond acceptors (Lipinski definition) is 3. The average molecular weight is 237 g/mol. The number of aldehydes is 1. The topological polar surface area (TPSA) is 56.1 Å². The van der Waals surface area contributed by atoms with E-state index in [1.165, 1.54) is 10.2 Å². The van der Waals surface area contributed by atoms with Crippen LogP contribution in [0.15, 0.2) is 30.5 Å². The largest absolute Gasteiger partial charge is 0.298 e. The fourth-order valence-electron chi connectivity index (χ4n) is 1.58. The minimum atomic E-state index is -3.31. The molecule has 0 bridgehead atoms. The minimum Gasteiger partial charge on any atom is -0.298 e. The Balaban J connectivity index is 2.77. The maximum Gasteiger partial charge on any atom is 0.238 e. The minimum absolute atomic E-state index is 0.0299. The normalized spacial score (nSPS) is 11.8. The number of benzene rings is 1. The van der Waals surface area contributed by atoms with Crippen LogP contribution in [-0.2, 0) is 10.0 Å². The molecule has 0 atom stereocenters. The summed E-state index contributed by atoms with van der Waals surface area (Å²) in [5.41, 5.74) is 1.02. The van der Waals surface area contributed by atoms with Gasteiger partial charge in [0.2, 0.25) is 10.0 Å². The summed E-state index contributed by atoms with van der Waals surface area (Å²) >= 11 is 0. The van der Waals surface area contributed by atoms with Crippen LogP contribution in [0.5, 0.6) is 0 Å². The summed E-state index contributed by atoms with van der Waals surface area (Å²) in [6, 6.07) is 6.70. The molecule has 1 aromatic heterocycles. The summed E-state index contributed by atoms with van der Waals surface area (Å²) in [5, 5.41) is 0.808. The van der Waals surface area contributed by atoms with Gasteiger partial charge in [0.1, 0.15) is 6.29 Å². The molecular formula is C11H11NO3S. The number of fused-ring (bicyclic) bond motifs is 1. The van der Waals surface area contributed by atoms with Crippen molar-refractivity contribution in [2.45, 2.75) is 6.92 Å². The second-order valence-electron chi connectivity index (χ2n) is 3.45. The van der Waals surface area contributed by atoms with Crippen molar-refractivity contribution in [1.82, 2.24) is 3.97 Å². The van der Waals surface area contributed by atoms with Crippen LogP contribution >= 0.6 is 0 Å². The highest BCUT2D eigenvalue weighted by Gasteiger charge is 2.13. The molecule has 2 rings (SSSR count). The predicted octanol–water partition coefficient (Wildman–Crippen LogP) is 1.65. The molecule has 2 aromatic rings. The number of rotatable bonds is 3. The summed E-state index contributed by atoms with van der Waals surface area (Å²) in [6.45, 7) is 1.59. The molecule has 0 aliphatic carbocycles. The van der Waals surface area contributed by atoms with Crippen molar-refractivity contribution >= 4 is 27.2 Å². The van der Waals surface area contributed by atoms with E-state index in [2.05, 4.69) is 0 Å². The van der Waals surface area contributed by atoms with Gasteiger partial charge in [0, 0.05) is 17.1 Å². The molecule has 4 nitrogen and oxygen atoms in total. The van der Waals surface area contributed by atoms with E-state index in [4.69, 9.17) is 0 Å². The van der Waals surface area contributed by atoms with E-state index in [0.29, 0.717) is 17.4 Å². The van der Waals surface area contributed by atoms with Gasteiger partial charge in [-0.25, -0.2) is 12.4 Å². The first-order valence-electron chi connectivity index (χ1n) is 4.88. The second-order valence-corrected chi connectivity index (χ2v) is 5.58. The molecule has 1 heterocycles. The summed E-state index contributed by atoms with van der Waals surface area (Å²) < 4.78 is 24.7. The van der Waals surface area contributed by atoms with Crippen molar-refractivity contribution < 1.29 is 13.2 Å². The first kappa shape index (κ1) is 10.9. The van der Waals surface area contributed by atoms with Gasteiger partial charge in [-0.15, -0.1) is 0 Å². The van der Waals surface area contributed by atoms with Gasteiger partial charge in [0.25, 0.3) is 0 Å². The van der Waals surface area contributed by atoms with Crippen LogP contribution < -0.4 is 0 Å². The molecular weight excluding hydrogens is 226 g/mol. The van der Waals surface area contributed by atoms with Gasteiger partial charge in [0.05, 0.1) is 11.3 Å². The van der Waals surface area contributed by atoms with Gasteiger partial charge < -0.3 is 0 Å². The van der Waals surface area contributed by atoms with Crippen LogP contribution in [0.2, 0.25) is 0 Å². The summed E-state index contributed by atoms with van der Waals surface area (Å²) in [7, 11) is -3.31. The van der Waals surface area contributed by atoms with Crippen LogP contribution in [0.3, 0.4) is 0 Å². The van der Waals surface area contributed by atoms with Crippen LogP contribution in [0, 0.1) is 0 Å². The molecule has 0 N–H and O–H groups in total. The lowest BCUT2D eigenvalue weighted by Crippen LogP contribution is -2.13. The molecule has 0 spiro atoms. The molecule has 0 fully saturated rings. The van der Waals surface area contributed by atoms with Crippen molar-refractivity contribution in [2.75, 3.05) is 5.75 Å². The fourth-order valence-corrected chi connectivity index (χ4v) is 2.56. The van der Waals surface area contributed by atoms with Crippen LogP contribution in [0.1, 0.15) is 17.3 Å². The number of carbonyl (C=O) groups excluding carboxylic acids is 1. The third-order valence-corrected chi connectivity index (χ3v) is 4.13. The van der Waals surface area contributed by atoms with Crippen LogP contribution in [0.25, 0.3) is 10.9 Å². The van der Waals surface area contributed by atoms with Crippen molar-refractivity contribution in [3.63, 3.8) is 0 Å². The first-order valence-corrected chi connectivity index (χ1v) is 6.49. The monoisotopic (exact) mass is 237 g/mol. The van der Waals surface area contributed by atoms with Gasteiger partial charge in [0.15, 0.2) is 0 Å². The van der Waals surface area contributed by atoms with Gasteiger partial charge in [-0.3, -0.25) is 4.79 Å². The van der Waals surface area contributed by atoms with Crippen molar-refractivity contribution in [2.24, 2.45) is 0 Å². The first-order chi connectivity index (χ1) is 7.58. The number of aromatic nitrogens is 1. The molecule has 0 saturated heterocycles. The summed E-state index contributed by atoms with van der Waals surface area (Å²) in [6.07, 6.45) is 2.22. The zero-order valence-corrected chi connectivity index (χ0v) is 9.57. The quantitative estimate of drug-likeness (QED) is 0.763. The third kappa shape index (κ3) is 1.63. The maximum absolute atomic E-state index is 11.8. The van der Waals surface area contributed by atoms with E-state index >= 15 is 0 Å². The average Bonchev–Trinajstić information content (AvgIpc) is 2.72. The number of hydrogen-bond donors (Lipinski definition) is 0. The van der Waals surface area contributed by atoms with Crippen molar-refractivity contribution in [3.05, 3.63) is 36.0 Å². The molecule has 1 aromatic carbocycles. The van der Waals surface area contributed by atoms with Gasteiger partial charge in [-0.2, -0.15) is 0 Å². The van der Waals surface area contributed by atoms with E-state index in [0.717, 1.165) is 5.39 Å². The van der Waals surface area contributed by atoms with E-state index in [9.17, 15) is 13.2 Å². The zero-order chi connectivity index (χ0) is 11.8. The molecule has 0 aliphatic rings. The van der Waals surface area contributed by atoms with Crippen LogP contribution in [0.4, 0.5) is 0 Å². The molecule has 0 unspecified atom stereocenters. The fraction of sp³-hybridized carbons (Fsp3) is 0.182. The Hall–Kier alpha value is -1.62. The smallest absolute Gasteiger partial charge is 0.238 e. The van der Waals surface area contributed by atoms with E-state index in [1.54, 1.807) is 31.2 Å². The Kier molecular flexibility index (Phi) is 2.55. The van der Waals surface area contributed by atoms with E-state index in [1.807, 2.05) is 0 Å². The Labute approximate surface area is 93.5 Å². The SMILES string of the molecule is CCS(=O)(=O)n1ccc2ccc(C=O)cc21. The Morgan fingerprint density at radius 2 is 2.06 bits per heavy atom. The molecule has 0 amide bonds. The Morgan fingerprint density at radius 3 is 2.69 bits per heavy atom. The lowest BCUT2D eigenvalue weighted by atomic mass is 10.2. The molecule has 5 heteroatoms. The van der Waals surface area contributed by atoms with Crippen molar-refractivity contribution in [3.8, 4) is 0 Å². The number of nitrogens with zero attached hydrogens (tertiary/aromatic N) is 1. The summed E-state index contributed by atoms with van der Waals surface area (Å²) in [5.74, 6) is 0.0299. The van der Waals surface area contributed by atoms with Crippen molar-refractivity contribution in [1.29, 1.82) is 0 Å². The highest BCUT2D eigenvalue weighted by atomic mass is 32.2. The Morgan fingerprint density at radius 1 is 1.31 bits per heavy atom. The molecule has 0 saturated carbocycles. The second kappa shape index (κ2) is 3.75. The predicted molar refractivity (Wildman–Crippen MR) is 62.2 cm³/mol. The molecule has 84 valence electrons. The number of carbonyl (C=O) groups is 1. The third-order valence-electron chi connectivity index (χ3n) is 2.48. The van der Waals surface area contributed by atoms with Gasteiger partial charge >= 0.3 is 0 Å². The molecule has 16 heavy (non-hydrogen) atoms. The maximum atomic E-state index is 11.8. The highest BCUT2D eigenvalue weighted by molar-refractivity contribution is 7.90.